The maximum absolute atomic E-state index is 2.65. The van der Waals surface area contributed by atoms with Gasteiger partial charge >= 0.3 is 214 Å². The van der Waals surface area contributed by atoms with Crippen LogP contribution in [0.15, 0.2) is 104 Å². The maximum Gasteiger partial charge on any atom is -1.00 e. The third-order valence-corrected chi connectivity index (χ3v) is 20.7. The van der Waals surface area contributed by atoms with Gasteiger partial charge in [-0.15, -0.1) is 0 Å². The number of benzene rings is 4. The minimum atomic E-state index is -2.58. The molecule has 1 fully saturated rings. The van der Waals surface area contributed by atoms with E-state index in [-0.39, 0.29) is 24.8 Å². The fourth-order valence-corrected chi connectivity index (χ4v) is 21.7. The average molecular weight is 601 g/mol. The van der Waals surface area contributed by atoms with Crippen molar-refractivity contribution in [2.45, 2.75) is 33.9 Å². The van der Waals surface area contributed by atoms with Crippen LogP contribution in [0.2, 0.25) is 8.26 Å². The first-order chi connectivity index (χ1) is 17.2. The average Bonchev–Trinajstić information content (AvgIpc) is 3.54. The molecule has 2 unspecified atom stereocenters. The van der Waals surface area contributed by atoms with Crippen LogP contribution in [-0.4, -0.2) is 0 Å². The summed E-state index contributed by atoms with van der Waals surface area (Å²) < 4.78 is 6.63. The second-order valence-electron chi connectivity index (χ2n) is 10.6. The van der Waals surface area contributed by atoms with Gasteiger partial charge in [-0.1, -0.05) is 0 Å². The summed E-state index contributed by atoms with van der Waals surface area (Å²) in [6.45, 7) is 4.96. The molecule has 3 heteroatoms. The summed E-state index contributed by atoms with van der Waals surface area (Å²) in [5, 5.41) is 0. The van der Waals surface area contributed by atoms with Crippen molar-refractivity contribution in [3.8, 4) is 22.3 Å². The van der Waals surface area contributed by atoms with Crippen LogP contribution in [0.3, 0.4) is 0 Å². The van der Waals surface area contributed by atoms with Gasteiger partial charge in [0.05, 0.1) is 0 Å². The van der Waals surface area contributed by atoms with Gasteiger partial charge in [-0.2, -0.15) is 0 Å². The summed E-state index contributed by atoms with van der Waals surface area (Å²) in [5.41, 5.74) is 11.5. The van der Waals surface area contributed by atoms with Crippen LogP contribution < -0.4 is 24.8 Å². The Balaban J connectivity index is 0.00000140. The van der Waals surface area contributed by atoms with E-state index in [1.54, 1.807) is 0 Å². The number of hydrogen-bond donors (Lipinski definition) is 0. The Morgan fingerprint density at radius 3 is 1.30 bits per heavy atom. The first-order valence-corrected chi connectivity index (χ1v) is 18.9. The first-order valence-electron chi connectivity index (χ1n) is 13.0. The Morgan fingerprint density at radius 2 is 0.919 bits per heavy atom. The molecular formula is C34H30Cl2Zr. The Labute approximate surface area is 237 Å². The number of hydrogen-bond acceptors (Lipinski definition) is 0. The van der Waals surface area contributed by atoms with E-state index in [1.165, 1.54) is 52.8 Å². The van der Waals surface area contributed by atoms with E-state index in [0.717, 1.165) is 0 Å². The van der Waals surface area contributed by atoms with Crippen molar-refractivity contribution in [1.29, 1.82) is 0 Å². The smallest absolute Gasteiger partial charge is 1.00 e. The quantitative estimate of drug-likeness (QED) is 0.336. The van der Waals surface area contributed by atoms with Crippen LogP contribution >= 0.6 is 0 Å². The Bertz CT molecular complexity index is 1400. The predicted molar refractivity (Wildman–Crippen MR) is 146 cm³/mol. The molecule has 1 saturated heterocycles. The summed E-state index contributed by atoms with van der Waals surface area (Å²) in [7, 11) is 0. The fourth-order valence-electron chi connectivity index (χ4n) is 6.85. The molecule has 0 saturated carbocycles. The zero-order valence-electron chi connectivity index (χ0n) is 21.2. The van der Waals surface area contributed by atoms with Crippen molar-refractivity contribution < 1.29 is 45.1 Å². The van der Waals surface area contributed by atoms with Crippen LogP contribution in [0.1, 0.15) is 47.9 Å². The summed E-state index contributed by atoms with van der Waals surface area (Å²) in [6.07, 6.45) is 5.31. The maximum atomic E-state index is 2.65. The molecule has 2 aliphatic carbocycles. The molecule has 0 nitrogen and oxygen atoms in total. The van der Waals surface area contributed by atoms with E-state index in [1.807, 2.05) is 6.56 Å². The molecule has 0 bridgehead atoms. The minimum absolute atomic E-state index is 0. The molecule has 2 atom stereocenters. The third-order valence-electron chi connectivity index (χ3n) is 8.77. The van der Waals surface area contributed by atoms with Gasteiger partial charge in [0.2, 0.25) is 0 Å². The monoisotopic (exact) mass is 598 g/mol. The molecule has 7 rings (SSSR count). The molecular weight excluding hydrogens is 571 g/mol. The topological polar surface area (TPSA) is 0 Å². The largest absolute Gasteiger partial charge is 1.00 e. The van der Waals surface area contributed by atoms with Crippen LogP contribution in [0.5, 0.6) is 0 Å². The summed E-state index contributed by atoms with van der Waals surface area (Å²) in [6, 6.07) is 35.8. The molecule has 3 aliphatic rings. The SMILES string of the molecule is CC1[C]([Zr+2]2([C]3=Cc4c(-c5ccccc5)cccc4C3C)[CH2][CH2]2)=Cc2c(-c3ccccc3)cccc21.[Cl-].[Cl-]. The zero-order chi connectivity index (χ0) is 23.6. The normalized spacial score (nSPS) is 19.2. The molecule has 1 aliphatic heterocycles. The number of fused-ring (bicyclic) bond motifs is 2. The van der Waals surface area contributed by atoms with Gasteiger partial charge in [0.1, 0.15) is 0 Å². The molecule has 184 valence electrons. The van der Waals surface area contributed by atoms with E-state index >= 15 is 0 Å². The van der Waals surface area contributed by atoms with Crippen LogP contribution in [0.4, 0.5) is 0 Å². The Kier molecular flexibility index (Phi) is 7.27. The second-order valence-corrected chi connectivity index (χ2v) is 21.2. The number of rotatable bonds is 4. The van der Waals surface area contributed by atoms with Gasteiger partial charge in [0.15, 0.2) is 0 Å². The van der Waals surface area contributed by atoms with Crippen molar-refractivity contribution in [2.75, 3.05) is 0 Å². The van der Waals surface area contributed by atoms with Crippen LogP contribution in [-0.2, 0) is 20.3 Å². The molecule has 4 aromatic rings. The number of allylic oxidation sites excluding steroid dienone is 2. The molecule has 37 heavy (non-hydrogen) atoms. The minimum Gasteiger partial charge on any atom is -1.00 e. The van der Waals surface area contributed by atoms with Crippen molar-refractivity contribution >= 4 is 12.2 Å². The molecule has 0 aromatic heterocycles. The molecule has 4 aromatic carbocycles. The van der Waals surface area contributed by atoms with Gasteiger partial charge < -0.3 is 24.8 Å². The van der Waals surface area contributed by atoms with Crippen LogP contribution in [0, 0.1) is 0 Å². The van der Waals surface area contributed by atoms with Gasteiger partial charge in [-0.3, -0.25) is 0 Å². The second kappa shape index (κ2) is 10.2. The standard InChI is InChI=1S/2C16H13.C2H4.2ClH.Zr/c2*1-12-10-11-16-14(12)8-5-9-15(16)13-6-3-2-4-7-13;1-2;;;/h2*2-9,11-12H,1H3;1-2H2;2*1H;/q;;;;;+2/p-2. The zero-order valence-corrected chi connectivity index (χ0v) is 25.2. The van der Waals surface area contributed by atoms with E-state index in [0.29, 0.717) is 11.8 Å². The van der Waals surface area contributed by atoms with Gasteiger partial charge in [-0.05, 0) is 0 Å². The fraction of sp³-hybridized carbons (Fsp3) is 0.176. The van der Waals surface area contributed by atoms with Crippen molar-refractivity contribution in [2.24, 2.45) is 0 Å². The van der Waals surface area contributed by atoms with E-state index < -0.39 is 20.3 Å². The summed E-state index contributed by atoms with van der Waals surface area (Å²) in [5.74, 6) is 1.11. The van der Waals surface area contributed by atoms with E-state index in [2.05, 4.69) is 123 Å². The Hall–Kier alpha value is -2.18. The molecule has 0 spiro atoms. The Morgan fingerprint density at radius 1 is 0.514 bits per heavy atom. The molecule has 0 N–H and O–H groups in total. The van der Waals surface area contributed by atoms with E-state index in [4.69, 9.17) is 0 Å². The van der Waals surface area contributed by atoms with Crippen molar-refractivity contribution in [3.05, 3.63) is 126 Å². The molecule has 0 radical (unpaired) electrons. The summed E-state index contributed by atoms with van der Waals surface area (Å²) >= 11 is -2.58. The third kappa shape index (κ3) is 4.15. The molecule has 0 amide bonds. The van der Waals surface area contributed by atoms with Crippen LogP contribution in [0.25, 0.3) is 34.4 Å². The van der Waals surface area contributed by atoms with Crippen molar-refractivity contribution in [3.63, 3.8) is 0 Å². The first kappa shape index (κ1) is 26.4. The van der Waals surface area contributed by atoms with Gasteiger partial charge in [0, 0.05) is 0 Å². The van der Waals surface area contributed by atoms with E-state index in [9.17, 15) is 0 Å². The number of halogens is 2. The predicted octanol–water partition coefficient (Wildman–Crippen LogP) is 3.65. The van der Waals surface area contributed by atoms with Crippen molar-refractivity contribution in [1.82, 2.24) is 0 Å². The summed E-state index contributed by atoms with van der Waals surface area (Å²) in [4.78, 5) is 0. The molecule has 1 heterocycles. The van der Waals surface area contributed by atoms with Gasteiger partial charge in [0.25, 0.3) is 0 Å². The van der Waals surface area contributed by atoms with Gasteiger partial charge in [-0.25, -0.2) is 0 Å².